The van der Waals surface area contributed by atoms with Gasteiger partial charge in [-0.3, -0.25) is 14.6 Å². The van der Waals surface area contributed by atoms with E-state index < -0.39 is 17.6 Å². The van der Waals surface area contributed by atoms with Gasteiger partial charge in [0.1, 0.15) is 22.8 Å². The molecule has 0 spiro atoms. The van der Waals surface area contributed by atoms with Crippen molar-refractivity contribution in [3.63, 3.8) is 0 Å². The molecule has 4 N–H and O–H groups in total. The molecule has 0 saturated carbocycles. The number of hydrogen-bond acceptors (Lipinski definition) is 8. The van der Waals surface area contributed by atoms with E-state index in [9.17, 15) is 14.4 Å². The molecule has 4 rings (SSSR count). The summed E-state index contributed by atoms with van der Waals surface area (Å²) in [6, 6.07) is 10.8. The van der Waals surface area contributed by atoms with Crippen molar-refractivity contribution in [1.29, 1.82) is 0 Å². The Bertz CT molecular complexity index is 1410. The van der Waals surface area contributed by atoms with Crippen LogP contribution in [-0.4, -0.2) is 54.9 Å². The fourth-order valence-corrected chi connectivity index (χ4v) is 4.30. The summed E-state index contributed by atoms with van der Waals surface area (Å²) >= 11 is 1.34. The number of aromatic nitrogens is 4. The molecule has 12 heteroatoms. The van der Waals surface area contributed by atoms with Crippen molar-refractivity contribution in [3.05, 3.63) is 75.8 Å². The summed E-state index contributed by atoms with van der Waals surface area (Å²) in [7, 11) is 0. The van der Waals surface area contributed by atoms with E-state index >= 15 is 0 Å². The third-order valence-corrected chi connectivity index (χ3v) is 6.25. The predicted molar refractivity (Wildman–Crippen MR) is 142 cm³/mol. The molecule has 198 valence electrons. The second-order valence-electron chi connectivity index (χ2n) is 9.58. The maximum Gasteiger partial charge on any atom is 0.410 e. The molecule has 0 atom stereocenters. The Hall–Kier alpha value is -4.32. The lowest BCUT2D eigenvalue weighted by atomic mass is 10.2. The van der Waals surface area contributed by atoms with Gasteiger partial charge >= 0.3 is 6.09 Å². The number of H-pyrrole nitrogens is 1. The minimum absolute atomic E-state index is 0.157. The van der Waals surface area contributed by atoms with E-state index in [-0.39, 0.29) is 30.4 Å². The molecule has 0 bridgehead atoms. The fraction of sp³-hybridized carbons (Fsp3) is 0.308. The molecule has 4 aromatic rings. The lowest BCUT2D eigenvalue weighted by molar-refractivity contribution is 0.0231. The molecular formula is C26H29N7O4S. The zero-order chi connectivity index (χ0) is 27.3. The minimum Gasteiger partial charge on any atom is -0.444 e. The van der Waals surface area contributed by atoms with Crippen LogP contribution in [0.3, 0.4) is 0 Å². The van der Waals surface area contributed by atoms with E-state index in [4.69, 9.17) is 10.5 Å². The highest BCUT2D eigenvalue weighted by Gasteiger charge is 2.24. The van der Waals surface area contributed by atoms with Gasteiger partial charge in [0, 0.05) is 31.1 Å². The number of thiazole rings is 1. The van der Waals surface area contributed by atoms with Gasteiger partial charge in [-0.25, -0.2) is 14.8 Å². The van der Waals surface area contributed by atoms with E-state index in [1.54, 1.807) is 16.3 Å². The molecule has 3 heterocycles. The average Bonchev–Trinajstić information content (AvgIpc) is 3.51. The number of imidazole rings is 1. The Balaban J connectivity index is 1.37. The second kappa shape index (κ2) is 11.4. The first-order chi connectivity index (χ1) is 18.1. The number of primary amides is 1. The molecule has 0 unspecified atom stereocenters. The van der Waals surface area contributed by atoms with Crippen LogP contribution in [-0.2, 0) is 24.2 Å². The number of aromatic amines is 1. The van der Waals surface area contributed by atoms with Crippen molar-refractivity contribution in [2.24, 2.45) is 5.73 Å². The van der Waals surface area contributed by atoms with Crippen LogP contribution in [0.25, 0.3) is 11.0 Å². The SMILES string of the molecule is CC(C)(C)OC(=O)N(CCc1nc(C(=O)NCc2ccc(C(N)=O)nc2)cs1)Cc1nc2ccccc2[nH]1. The number of para-hydroxylation sites is 2. The zero-order valence-corrected chi connectivity index (χ0v) is 22.2. The van der Waals surface area contributed by atoms with Crippen LogP contribution in [0, 0.1) is 0 Å². The largest absolute Gasteiger partial charge is 0.444 e. The first-order valence-electron chi connectivity index (χ1n) is 12.0. The van der Waals surface area contributed by atoms with Gasteiger partial charge in [-0.05, 0) is 44.5 Å². The second-order valence-corrected chi connectivity index (χ2v) is 10.5. The number of pyridine rings is 1. The molecule has 0 aliphatic carbocycles. The quantitative estimate of drug-likeness (QED) is 0.296. The predicted octanol–water partition coefficient (Wildman–Crippen LogP) is 3.42. The number of rotatable bonds is 9. The molecule has 0 saturated heterocycles. The summed E-state index contributed by atoms with van der Waals surface area (Å²) in [5, 5.41) is 5.17. The van der Waals surface area contributed by atoms with E-state index in [0.717, 1.165) is 16.6 Å². The fourth-order valence-electron chi connectivity index (χ4n) is 3.53. The maximum atomic E-state index is 12.9. The Morgan fingerprint density at radius 3 is 2.58 bits per heavy atom. The molecule has 1 aromatic carbocycles. The van der Waals surface area contributed by atoms with Gasteiger partial charge in [-0.2, -0.15) is 0 Å². The van der Waals surface area contributed by atoms with Gasteiger partial charge in [-0.1, -0.05) is 18.2 Å². The molecule has 0 fully saturated rings. The molecule has 38 heavy (non-hydrogen) atoms. The van der Waals surface area contributed by atoms with Crippen molar-refractivity contribution < 1.29 is 19.1 Å². The minimum atomic E-state index is -0.647. The van der Waals surface area contributed by atoms with E-state index in [0.29, 0.717) is 23.8 Å². The molecule has 11 nitrogen and oxygen atoms in total. The van der Waals surface area contributed by atoms with Crippen LogP contribution >= 0.6 is 11.3 Å². The summed E-state index contributed by atoms with van der Waals surface area (Å²) < 4.78 is 5.61. The van der Waals surface area contributed by atoms with Gasteiger partial charge in [0.15, 0.2) is 0 Å². The van der Waals surface area contributed by atoms with Crippen LogP contribution in [0.15, 0.2) is 48.0 Å². The van der Waals surface area contributed by atoms with Crippen molar-refractivity contribution in [3.8, 4) is 0 Å². The summed E-state index contributed by atoms with van der Waals surface area (Å²) in [5.74, 6) is -0.300. The molecule has 0 aliphatic heterocycles. The summed E-state index contributed by atoms with van der Waals surface area (Å²) in [6.07, 6.45) is 1.47. The Morgan fingerprint density at radius 2 is 1.89 bits per heavy atom. The molecule has 0 radical (unpaired) electrons. The van der Waals surface area contributed by atoms with Gasteiger partial charge in [0.2, 0.25) is 0 Å². The highest BCUT2D eigenvalue weighted by Crippen LogP contribution is 2.17. The van der Waals surface area contributed by atoms with Gasteiger partial charge in [-0.15, -0.1) is 11.3 Å². The number of nitrogens with zero attached hydrogens (tertiary/aromatic N) is 4. The number of hydrogen-bond donors (Lipinski definition) is 3. The molecular weight excluding hydrogens is 506 g/mol. The van der Waals surface area contributed by atoms with Crippen LogP contribution in [0.4, 0.5) is 4.79 Å². The summed E-state index contributed by atoms with van der Waals surface area (Å²) in [4.78, 5) is 54.4. The number of carbonyl (C=O) groups excluding carboxylic acids is 3. The number of carbonyl (C=O) groups is 3. The summed E-state index contributed by atoms with van der Waals surface area (Å²) in [6.45, 7) is 6.25. The maximum absolute atomic E-state index is 12.9. The first kappa shape index (κ1) is 26.7. The van der Waals surface area contributed by atoms with Gasteiger partial charge in [0.05, 0.1) is 22.6 Å². The number of ether oxygens (including phenoxy) is 1. The van der Waals surface area contributed by atoms with Crippen LogP contribution in [0.2, 0.25) is 0 Å². The van der Waals surface area contributed by atoms with Crippen molar-refractivity contribution in [2.75, 3.05) is 6.54 Å². The standard InChI is InChI=1S/C26H29N7O4S/c1-26(2,3)37-25(36)33(14-21-30-17-6-4-5-7-18(17)31-21)11-10-22-32-20(15-38-22)24(35)29-13-16-8-9-19(23(27)34)28-12-16/h4-9,12,15H,10-11,13-14H2,1-3H3,(H2,27,34)(H,29,35)(H,30,31). The van der Waals surface area contributed by atoms with Crippen LogP contribution < -0.4 is 11.1 Å². The van der Waals surface area contributed by atoms with E-state index in [1.165, 1.54) is 23.6 Å². The Morgan fingerprint density at radius 1 is 1.11 bits per heavy atom. The third-order valence-electron chi connectivity index (χ3n) is 5.34. The highest BCUT2D eigenvalue weighted by molar-refractivity contribution is 7.09. The van der Waals surface area contributed by atoms with Crippen molar-refractivity contribution in [2.45, 2.75) is 45.9 Å². The lowest BCUT2D eigenvalue weighted by Gasteiger charge is -2.26. The smallest absolute Gasteiger partial charge is 0.410 e. The van der Waals surface area contributed by atoms with Crippen molar-refractivity contribution >= 4 is 40.3 Å². The number of benzene rings is 1. The average molecular weight is 536 g/mol. The van der Waals surface area contributed by atoms with Crippen LogP contribution in [0.5, 0.6) is 0 Å². The van der Waals surface area contributed by atoms with E-state index in [1.807, 2.05) is 45.0 Å². The van der Waals surface area contributed by atoms with Gasteiger partial charge < -0.3 is 25.7 Å². The molecule has 0 aliphatic rings. The number of nitrogens with one attached hydrogen (secondary N) is 2. The van der Waals surface area contributed by atoms with Crippen LogP contribution in [0.1, 0.15) is 58.1 Å². The van der Waals surface area contributed by atoms with Crippen molar-refractivity contribution in [1.82, 2.24) is 30.2 Å². The topological polar surface area (TPSA) is 156 Å². The Labute approximate surface area is 223 Å². The third kappa shape index (κ3) is 7.13. The number of fused-ring (bicyclic) bond motifs is 1. The molecule has 3 amide bonds. The van der Waals surface area contributed by atoms with Gasteiger partial charge in [0.25, 0.3) is 11.8 Å². The zero-order valence-electron chi connectivity index (χ0n) is 21.4. The Kier molecular flexibility index (Phi) is 8.01. The first-order valence-corrected chi connectivity index (χ1v) is 12.8. The highest BCUT2D eigenvalue weighted by atomic mass is 32.1. The normalized spacial score (nSPS) is 11.3. The summed E-state index contributed by atoms with van der Waals surface area (Å²) in [5.41, 5.74) is 7.42. The number of amides is 3. The lowest BCUT2D eigenvalue weighted by Crippen LogP contribution is -2.37. The molecule has 3 aromatic heterocycles. The number of nitrogens with two attached hydrogens (primary N) is 1. The van der Waals surface area contributed by atoms with E-state index in [2.05, 4.69) is 25.3 Å². The monoisotopic (exact) mass is 535 g/mol.